The number of aromatic nitrogens is 1. The van der Waals surface area contributed by atoms with Crippen molar-refractivity contribution in [2.24, 2.45) is 0 Å². The molecule has 3 nitrogen and oxygen atoms in total. The van der Waals surface area contributed by atoms with Gasteiger partial charge in [0.2, 0.25) is 5.91 Å². The average molecular weight is 260 g/mol. The maximum absolute atomic E-state index is 11.1. The zero-order valence-electron chi connectivity index (χ0n) is 10.6. The predicted octanol–water partition coefficient (Wildman–Crippen LogP) is 3.72. The van der Waals surface area contributed by atoms with E-state index in [4.69, 9.17) is 0 Å². The molecule has 0 bridgehead atoms. The second-order valence-corrected chi connectivity index (χ2v) is 5.17. The second-order valence-electron chi connectivity index (χ2n) is 4.09. The van der Waals surface area contributed by atoms with E-state index in [0.717, 1.165) is 24.1 Å². The summed E-state index contributed by atoms with van der Waals surface area (Å²) in [4.78, 5) is 16.8. The average Bonchev–Trinajstić information content (AvgIpc) is 2.73. The van der Waals surface area contributed by atoms with Crippen molar-refractivity contribution in [1.82, 2.24) is 4.98 Å². The minimum atomic E-state index is -0.0774. The molecular weight excluding hydrogens is 244 g/mol. The van der Waals surface area contributed by atoms with Crippen molar-refractivity contribution in [3.05, 3.63) is 35.2 Å². The first-order valence-corrected chi connectivity index (χ1v) is 6.85. The molecule has 0 aliphatic heterocycles. The Kier molecular flexibility index (Phi) is 4.10. The summed E-state index contributed by atoms with van der Waals surface area (Å²) in [5.41, 5.74) is 2.10. The van der Waals surface area contributed by atoms with Gasteiger partial charge in [-0.05, 0) is 6.42 Å². The van der Waals surface area contributed by atoms with Gasteiger partial charge in [-0.2, -0.15) is 0 Å². The summed E-state index contributed by atoms with van der Waals surface area (Å²) in [6.45, 7) is 3.65. The molecule has 1 aromatic carbocycles. The van der Waals surface area contributed by atoms with Crippen molar-refractivity contribution < 1.29 is 4.79 Å². The highest BCUT2D eigenvalue weighted by Crippen LogP contribution is 2.31. The summed E-state index contributed by atoms with van der Waals surface area (Å²) in [5.74, 6) is -0.0774. The first kappa shape index (κ1) is 12.8. The van der Waals surface area contributed by atoms with Crippen LogP contribution >= 0.6 is 11.3 Å². The van der Waals surface area contributed by atoms with Crippen molar-refractivity contribution in [3.63, 3.8) is 0 Å². The van der Waals surface area contributed by atoms with Crippen molar-refractivity contribution >= 4 is 22.4 Å². The van der Waals surface area contributed by atoms with Crippen LogP contribution in [0.5, 0.6) is 0 Å². The van der Waals surface area contributed by atoms with Crippen LogP contribution in [-0.2, 0) is 11.2 Å². The first-order chi connectivity index (χ1) is 8.70. The molecule has 94 valence electrons. The van der Waals surface area contributed by atoms with Crippen LogP contribution in [0, 0.1) is 0 Å². The molecule has 0 aliphatic carbocycles. The van der Waals surface area contributed by atoms with Gasteiger partial charge in [0.15, 0.2) is 5.13 Å². The summed E-state index contributed by atoms with van der Waals surface area (Å²) in [6, 6.07) is 10.1. The largest absolute Gasteiger partial charge is 0.302 e. The molecule has 1 heterocycles. The smallest absolute Gasteiger partial charge is 0.223 e. The number of hydrogen-bond acceptors (Lipinski definition) is 3. The van der Waals surface area contributed by atoms with Crippen molar-refractivity contribution in [1.29, 1.82) is 0 Å². The lowest BCUT2D eigenvalue weighted by molar-refractivity contribution is -0.114. The fourth-order valence-electron chi connectivity index (χ4n) is 1.77. The second kappa shape index (κ2) is 5.78. The molecule has 2 rings (SSSR count). The van der Waals surface area contributed by atoms with Gasteiger partial charge in [-0.3, -0.25) is 4.79 Å². The number of rotatable bonds is 4. The molecular formula is C14H16N2OS. The maximum Gasteiger partial charge on any atom is 0.223 e. The Morgan fingerprint density at radius 3 is 2.67 bits per heavy atom. The zero-order valence-corrected chi connectivity index (χ0v) is 11.4. The zero-order chi connectivity index (χ0) is 13.0. The molecule has 0 radical (unpaired) electrons. The minimum Gasteiger partial charge on any atom is -0.302 e. The highest BCUT2D eigenvalue weighted by Gasteiger charge is 2.12. The summed E-state index contributed by atoms with van der Waals surface area (Å²) in [5, 5.41) is 3.45. The van der Waals surface area contributed by atoms with E-state index in [1.54, 1.807) is 11.3 Å². The Balaban J connectivity index is 2.38. The fraction of sp³-hybridized carbons (Fsp3) is 0.286. The summed E-state index contributed by atoms with van der Waals surface area (Å²) in [6.07, 6.45) is 2.06. The molecule has 0 atom stereocenters. The topological polar surface area (TPSA) is 42.0 Å². The molecule has 0 spiro atoms. The number of carbonyl (C=O) groups is 1. The Labute approximate surface area is 111 Å². The van der Waals surface area contributed by atoms with Crippen LogP contribution in [0.2, 0.25) is 0 Å². The highest BCUT2D eigenvalue weighted by molar-refractivity contribution is 7.16. The number of amides is 1. The van der Waals surface area contributed by atoms with E-state index in [-0.39, 0.29) is 5.91 Å². The molecule has 0 saturated heterocycles. The summed E-state index contributed by atoms with van der Waals surface area (Å²) in [7, 11) is 0. The van der Waals surface area contributed by atoms with Gasteiger partial charge < -0.3 is 5.32 Å². The number of benzene rings is 1. The molecule has 1 N–H and O–H groups in total. The number of nitrogens with zero attached hydrogens (tertiary/aromatic N) is 1. The quantitative estimate of drug-likeness (QED) is 0.910. The van der Waals surface area contributed by atoms with E-state index < -0.39 is 0 Å². The highest BCUT2D eigenvalue weighted by atomic mass is 32.1. The van der Waals surface area contributed by atoms with Gasteiger partial charge in [-0.15, -0.1) is 11.3 Å². The lowest BCUT2D eigenvalue weighted by Gasteiger charge is -1.99. The molecule has 2 aromatic rings. The molecule has 4 heteroatoms. The van der Waals surface area contributed by atoms with Gasteiger partial charge in [0.25, 0.3) is 0 Å². The molecule has 1 aromatic heterocycles. The van der Waals surface area contributed by atoms with E-state index in [1.165, 1.54) is 11.8 Å². The Morgan fingerprint density at radius 1 is 1.33 bits per heavy atom. The number of carbonyl (C=O) groups excluding carboxylic acids is 1. The predicted molar refractivity (Wildman–Crippen MR) is 75.8 cm³/mol. The summed E-state index contributed by atoms with van der Waals surface area (Å²) >= 11 is 1.56. The number of aryl methyl sites for hydroxylation is 1. The van der Waals surface area contributed by atoms with Crippen molar-refractivity contribution in [2.45, 2.75) is 26.7 Å². The van der Waals surface area contributed by atoms with Crippen LogP contribution in [0.3, 0.4) is 0 Å². The fourth-order valence-corrected chi connectivity index (χ4v) is 2.91. The number of hydrogen-bond donors (Lipinski definition) is 1. The maximum atomic E-state index is 11.1. The third-order valence-electron chi connectivity index (χ3n) is 2.50. The van der Waals surface area contributed by atoms with Gasteiger partial charge >= 0.3 is 0 Å². The molecule has 0 unspecified atom stereocenters. The van der Waals surface area contributed by atoms with E-state index in [9.17, 15) is 4.79 Å². The minimum absolute atomic E-state index is 0.0774. The van der Waals surface area contributed by atoms with Crippen LogP contribution in [0.4, 0.5) is 5.13 Å². The van der Waals surface area contributed by atoms with E-state index in [1.807, 2.05) is 30.3 Å². The van der Waals surface area contributed by atoms with Crippen molar-refractivity contribution in [2.75, 3.05) is 5.32 Å². The summed E-state index contributed by atoms with van der Waals surface area (Å²) < 4.78 is 0. The monoisotopic (exact) mass is 260 g/mol. The molecule has 0 fully saturated rings. The Morgan fingerprint density at radius 2 is 2.06 bits per heavy atom. The van der Waals surface area contributed by atoms with Crippen LogP contribution in [-0.4, -0.2) is 10.9 Å². The molecule has 1 amide bonds. The number of anilines is 1. The van der Waals surface area contributed by atoms with Gasteiger partial charge in [0.1, 0.15) is 0 Å². The van der Waals surface area contributed by atoms with Gasteiger partial charge in [-0.1, -0.05) is 43.7 Å². The van der Waals surface area contributed by atoms with Gasteiger partial charge in [-0.25, -0.2) is 4.98 Å². The van der Waals surface area contributed by atoms with Gasteiger partial charge in [0.05, 0.1) is 5.69 Å². The third-order valence-corrected chi connectivity index (χ3v) is 3.54. The van der Waals surface area contributed by atoms with Crippen LogP contribution in [0.1, 0.15) is 25.1 Å². The van der Waals surface area contributed by atoms with Crippen LogP contribution < -0.4 is 5.32 Å². The molecule has 18 heavy (non-hydrogen) atoms. The first-order valence-electron chi connectivity index (χ1n) is 6.03. The normalized spacial score (nSPS) is 10.3. The van der Waals surface area contributed by atoms with E-state index >= 15 is 0 Å². The van der Waals surface area contributed by atoms with Crippen LogP contribution in [0.15, 0.2) is 30.3 Å². The lowest BCUT2D eigenvalue weighted by atomic mass is 10.1. The Hall–Kier alpha value is -1.68. The van der Waals surface area contributed by atoms with Gasteiger partial charge in [0, 0.05) is 17.4 Å². The number of nitrogens with one attached hydrogen (secondary N) is 1. The lowest BCUT2D eigenvalue weighted by Crippen LogP contribution is -2.04. The SMILES string of the molecule is CCCc1sc(NC(C)=O)nc1-c1ccccc1. The van der Waals surface area contributed by atoms with E-state index in [0.29, 0.717) is 5.13 Å². The van der Waals surface area contributed by atoms with Crippen molar-refractivity contribution in [3.8, 4) is 11.3 Å². The third kappa shape index (κ3) is 2.96. The standard InChI is InChI=1S/C14H16N2OS/c1-3-7-12-13(11-8-5-4-6-9-11)16-14(18-12)15-10(2)17/h4-6,8-9H,3,7H2,1-2H3,(H,15,16,17). The van der Waals surface area contributed by atoms with E-state index in [2.05, 4.69) is 17.2 Å². The Bertz CT molecular complexity index is 534. The number of thiazole rings is 1. The van der Waals surface area contributed by atoms with Crippen LogP contribution in [0.25, 0.3) is 11.3 Å². The molecule has 0 saturated carbocycles. The molecule has 0 aliphatic rings.